The second kappa shape index (κ2) is 9.53. The third-order valence-corrected chi connectivity index (χ3v) is 7.04. The number of thioether (sulfide) groups is 1. The zero-order valence-corrected chi connectivity index (χ0v) is 18.9. The van der Waals surface area contributed by atoms with E-state index in [1.54, 1.807) is 35.2 Å². The molecule has 8 heteroatoms. The molecule has 1 saturated heterocycles. The zero-order valence-electron chi connectivity index (χ0n) is 15.0. The number of hydrogen-bond acceptors (Lipinski definition) is 4. The van der Waals surface area contributed by atoms with E-state index in [2.05, 4.69) is 15.9 Å². The number of amides is 1. The Morgan fingerprint density at radius 2 is 1.96 bits per heavy atom. The molecule has 1 aliphatic heterocycles. The lowest BCUT2D eigenvalue weighted by atomic mass is 10.1. The number of rotatable bonds is 5. The predicted molar refractivity (Wildman–Crippen MR) is 117 cm³/mol. The van der Waals surface area contributed by atoms with Crippen molar-refractivity contribution in [2.75, 3.05) is 12.4 Å². The SMILES string of the molecule is CCCOC(=O)C1CSC(c2ccc(Cl)c(Cl)c2)N1C(=O)c1ccccc1Br. The molecule has 2 aromatic rings. The summed E-state index contributed by atoms with van der Waals surface area (Å²) in [5, 5.41) is 0.481. The lowest BCUT2D eigenvalue weighted by molar-refractivity contribution is -0.148. The fraction of sp³-hybridized carbons (Fsp3) is 0.300. The Morgan fingerprint density at radius 3 is 2.64 bits per heavy atom. The van der Waals surface area contributed by atoms with Crippen molar-refractivity contribution >= 4 is 62.8 Å². The van der Waals surface area contributed by atoms with Crippen molar-refractivity contribution in [2.45, 2.75) is 24.8 Å². The molecule has 2 aromatic carbocycles. The van der Waals surface area contributed by atoms with Crippen LogP contribution in [0.2, 0.25) is 10.0 Å². The molecule has 1 amide bonds. The van der Waals surface area contributed by atoms with Crippen molar-refractivity contribution in [2.24, 2.45) is 0 Å². The quantitative estimate of drug-likeness (QED) is 0.473. The highest BCUT2D eigenvalue weighted by Gasteiger charge is 2.43. The fourth-order valence-electron chi connectivity index (χ4n) is 2.93. The van der Waals surface area contributed by atoms with E-state index in [0.29, 0.717) is 32.4 Å². The highest BCUT2D eigenvalue weighted by atomic mass is 79.9. The molecular formula is C20H18BrCl2NO3S. The fourth-order valence-corrected chi connectivity index (χ4v) is 5.10. The van der Waals surface area contributed by atoms with E-state index >= 15 is 0 Å². The Kier molecular flexibility index (Phi) is 7.31. The van der Waals surface area contributed by atoms with Gasteiger partial charge in [0.2, 0.25) is 0 Å². The van der Waals surface area contributed by atoms with Crippen LogP contribution < -0.4 is 0 Å². The first-order valence-electron chi connectivity index (χ1n) is 8.74. The van der Waals surface area contributed by atoms with Gasteiger partial charge in [-0.3, -0.25) is 4.79 Å². The molecule has 2 atom stereocenters. The minimum Gasteiger partial charge on any atom is -0.464 e. The number of carbonyl (C=O) groups excluding carboxylic acids is 2. The van der Waals surface area contributed by atoms with Crippen molar-refractivity contribution < 1.29 is 14.3 Å². The van der Waals surface area contributed by atoms with Gasteiger partial charge >= 0.3 is 5.97 Å². The molecule has 0 spiro atoms. The van der Waals surface area contributed by atoms with E-state index in [1.807, 2.05) is 19.1 Å². The Labute approximate surface area is 186 Å². The number of esters is 1. The van der Waals surface area contributed by atoms with Crippen LogP contribution >= 0.6 is 50.9 Å². The number of halogens is 3. The van der Waals surface area contributed by atoms with Crippen LogP contribution in [0.3, 0.4) is 0 Å². The van der Waals surface area contributed by atoms with Gasteiger partial charge in [-0.2, -0.15) is 0 Å². The molecule has 0 bridgehead atoms. The molecule has 1 heterocycles. The summed E-state index contributed by atoms with van der Waals surface area (Å²) in [4.78, 5) is 27.6. The van der Waals surface area contributed by atoms with Crippen molar-refractivity contribution in [3.05, 3.63) is 68.1 Å². The zero-order chi connectivity index (χ0) is 20.3. The van der Waals surface area contributed by atoms with E-state index in [4.69, 9.17) is 27.9 Å². The van der Waals surface area contributed by atoms with Gasteiger partial charge < -0.3 is 9.64 Å². The molecule has 0 N–H and O–H groups in total. The van der Waals surface area contributed by atoms with Crippen molar-refractivity contribution in [3.8, 4) is 0 Å². The van der Waals surface area contributed by atoms with Crippen LogP contribution in [0.1, 0.15) is 34.6 Å². The summed E-state index contributed by atoms with van der Waals surface area (Å²) >= 11 is 17.2. The number of benzene rings is 2. The Bertz CT molecular complexity index is 896. The van der Waals surface area contributed by atoms with Crippen molar-refractivity contribution in [1.82, 2.24) is 4.90 Å². The van der Waals surface area contributed by atoms with Crippen LogP contribution in [0.15, 0.2) is 46.9 Å². The molecular weight excluding hydrogens is 485 g/mol. The van der Waals surface area contributed by atoms with E-state index in [1.165, 1.54) is 11.8 Å². The Morgan fingerprint density at radius 1 is 1.21 bits per heavy atom. The molecule has 3 rings (SSSR count). The van der Waals surface area contributed by atoms with Gasteiger partial charge in [0.1, 0.15) is 11.4 Å². The standard InChI is InChI=1S/C20H18BrCl2NO3S/c1-2-9-27-20(26)17-11-28-19(12-7-8-15(22)16(23)10-12)24(17)18(25)13-5-3-4-6-14(13)21/h3-8,10,17,19H,2,9,11H2,1H3. The minimum absolute atomic E-state index is 0.244. The molecule has 0 aliphatic carbocycles. The first-order chi connectivity index (χ1) is 13.4. The van der Waals surface area contributed by atoms with Gasteiger partial charge in [-0.05, 0) is 52.2 Å². The van der Waals surface area contributed by atoms with Gasteiger partial charge in [0, 0.05) is 10.2 Å². The maximum absolute atomic E-state index is 13.4. The molecule has 0 aromatic heterocycles. The van der Waals surface area contributed by atoms with E-state index < -0.39 is 12.0 Å². The smallest absolute Gasteiger partial charge is 0.329 e. The summed E-state index contributed by atoms with van der Waals surface area (Å²) < 4.78 is 6.02. The highest BCUT2D eigenvalue weighted by molar-refractivity contribution is 9.10. The third kappa shape index (κ3) is 4.51. The van der Waals surface area contributed by atoms with Crippen molar-refractivity contribution in [3.63, 3.8) is 0 Å². The van der Waals surface area contributed by atoms with Gasteiger partial charge in [0.25, 0.3) is 5.91 Å². The first kappa shape index (κ1) is 21.5. The molecule has 1 fully saturated rings. The largest absolute Gasteiger partial charge is 0.464 e. The van der Waals surface area contributed by atoms with Gasteiger partial charge in [-0.15, -0.1) is 11.8 Å². The summed E-state index contributed by atoms with van der Waals surface area (Å²) in [7, 11) is 0. The Balaban J connectivity index is 1.99. The van der Waals surface area contributed by atoms with Crippen LogP contribution in [0.5, 0.6) is 0 Å². The highest BCUT2D eigenvalue weighted by Crippen LogP contribution is 2.44. The topological polar surface area (TPSA) is 46.6 Å². The second-order valence-corrected chi connectivity index (χ2v) is 9.02. The lowest BCUT2D eigenvalue weighted by Gasteiger charge is -2.29. The van der Waals surface area contributed by atoms with Gasteiger partial charge in [-0.1, -0.05) is 48.3 Å². The first-order valence-corrected chi connectivity index (χ1v) is 11.3. The molecule has 148 valence electrons. The summed E-state index contributed by atoms with van der Waals surface area (Å²) in [5.41, 5.74) is 1.30. The van der Waals surface area contributed by atoms with E-state index in [9.17, 15) is 9.59 Å². The Hall–Kier alpha value is -1.21. The molecule has 2 unspecified atom stereocenters. The lowest BCUT2D eigenvalue weighted by Crippen LogP contribution is -2.44. The second-order valence-electron chi connectivity index (χ2n) is 6.23. The third-order valence-electron chi connectivity index (χ3n) is 4.29. The molecule has 4 nitrogen and oxygen atoms in total. The number of hydrogen-bond donors (Lipinski definition) is 0. The van der Waals surface area contributed by atoms with Crippen LogP contribution in [0.4, 0.5) is 0 Å². The minimum atomic E-state index is -0.671. The molecule has 0 saturated carbocycles. The van der Waals surface area contributed by atoms with Gasteiger partial charge in [0.15, 0.2) is 0 Å². The van der Waals surface area contributed by atoms with E-state index in [-0.39, 0.29) is 11.3 Å². The van der Waals surface area contributed by atoms with E-state index in [0.717, 1.165) is 12.0 Å². The normalized spacial score (nSPS) is 18.9. The van der Waals surface area contributed by atoms with Crippen LogP contribution in [0.25, 0.3) is 0 Å². The monoisotopic (exact) mass is 501 g/mol. The van der Waals surface area contributed by atoms with Crippen LogP contribution in [0, 0.1) is 0 Å². The average Bonchev–Trinajstić information content (AvgIpc) is 3.13. The number of ether oxygens (including phenoxy) is 1. The molecule has 28 heavy (non-hydrogen) atoms. The number of carbonyl (C=O) groups is 2. The average molecular weight is 503 g/mol. The summed E-state index contributed by atoms with van der Waals surface area (Å²) in [5.74, 6) is -0.187. The summed E-state index contributed by atoms with van der Waals surface area (Å²) in [6, 6.07) is 11.8. The molecule has 1 aliphatic rings. The van der Waals surface area contributed by atoms with Crippen LogP contribution in [-0.2, 0) is 9.53 Å². The van der Waals surface area contributed by atoms with Crippen molar-refractivity contribution in [1.29, 1.82) is 0 Å². The number of nitrogens with zero attached hydrogens (tertiary/aromatic N) is 1. The van der Waals surface area contributed by atoms with Crippen LogP contribution in [-0.4, -0.2) is 35.2 Å². The maximum atomic E-state index is 13.4. The van der Waals surface area contributed by atoms with Gasteiger partial charge in [0.05, 0.1) is 22.2 Å². The predicted octanol–water partition coefficient (Wildman–Crippen LogP) is 5.97. The summed E-state index contributed by atoms with van der Waals surface area (Å²) in [6.07, 6.45) is 0.722. The molecule has 0 radical (unpaired) electrons. The summed E-state index contributed by atoms with van der Waals surface area (Å²) in [6.45, 7) is 2.26. The van der Waals surface area contributed by atoms with Gasteiger partial charge in [-0.25, -0.2) is 4.79 Å². The maximum Gasteiger partial charge on any atom is 0.329 e.